The molecule has 0 saturated heterocycles. The zero-order valence-electron chi connectivity index (χ0n) is 9.38. The number of benzene rings is 1. The summed E-state index contributed by atoms with van der Waals surface area (Å²) < 4.78 is 0. The van der Waals surface area contributed by atoms with Gasteiger partial charge in [-0.15, -0.1) is 0 Å². The average molecular weight is 226 g/mol. The monoisotopic (exact) mass is 225 g/mol. The minimum Gasteiger partial charge on any atom is -0.332 e. The van der Waals surface area contributed by atoms with Crippen LogP contribution in [0, 0.1) is 13.8 Å². The highest BCUT2D eigenvalue weighted by molar-refractivity contribution is 6.62. The van der Waals surface area contributed by atoms with Gasteiger partial charge in [0.1, 0.15) is 0 Å². The van der Waals surface area contributed by atoms with Gasteiger partial charge in [-0.05, 0) is 48.6 Å². The Morgan fingerprint density at radius 2 is 2.00 bits per heavy atom. The maximum Gasteiger partial charge on any atom is 0.316 e. The van der Waals surface area contributed by atoms with Crippen LogP contribution in [0.2, 0.25) is 0 Å². The first-order chi connectivity index (χ1) is 7.00. The van der Waals surface area contributed by atoms with E-state index in [0.717, 1.165) is 6.42 Å². The Labute approximate surface area is 95.8 Å². The fourth-order valence-corrected chi connectivity index (χ4v) is 1.43. The number of aryl methyl sites for hydroxylation is 2. The van der Waals surface area contributed by atoms with Gasteiger partial charge in [0.2, 0.25) is 0 Å². The van der Waals surface area contributed by atoms with E-state index < -0.39 is 5.37 Å². The van der Waals surface area contributed by atoms with Crippen molar-refractivity contribution in [3.63, 3.8) is 0 Å². The predicted molar refractivity (Wildman–Crippen MR) is 63.5 cm³/mol. The second-order valence-electron chi connectivity index (χ2n) is 3.84. The fraction of sp³-hybridized carbons (Fsp3) is 0.417. The largest absolute Gasteiger partial charge is 0.332 e. The molecular formula is C12H16ClNO. The topological polar surface area (TPSA) is 20.3 Å². The van der Waals surface area contributed by atoms with Crippen LogP contribution < -0.4 is 0 Å². The molecule has 2 nitrogen and oxygen atoms in total. The van der Waals surface area contributed by atoms with Crippen molar-refractivity contribution >= 4 is 17.0 Å². The van der Waals surface area contributed by atoms with Gasteiger partial charge < -0.3 is 4.90 Å². The summed E-state index contributed by atoms with van der Waals surface area (Å²) in [5, 5.41) is -0.404. The Morgan fingerprint density at radius 3 is 2.53 bits per heavy atom. The number of carbonyl (C=O) groups is 1. The summed E-state index contributed by atoms with van der Waals surface area (Å²) in [5.74, 6) is 0. The number of hydrogen-bond acceptors (Lipinski definition) is 1. The number of amides is 1. The highest BCUT2D eigenvalue weighted by Gasteiger charge is 2.04. The van der Waals surface area contributed by atoms with Gasteiger partial charge >= 0.3 is 5.37 Å². The normalized spacial score (nSPS) is 10.1. The van der Waals surface area contributed by atoms with E-state index in [4.69, 9.17) is 11.6 Å². The summed E-state index contributed by atoms with van der Waals surface area (Å²) in [6.45, 7) is 4.84. The molecule has 0 aliphatic rings. The minimum atomic E-state index is -0.404. The molecule has 0 N–H and O–H groups in total. The standard InChI is InChI=1S/C12H16ClNO/c1-9-4-5-11(8-10(9)2)6-7-14(3)12(13)15/h4-5,8H,6-7H2,1-3H3. The van der Waals surface area contributed by atoms with Gasteiger partial charge in [-0.2, -0.15) is 0 Å². The molecule has 0 aromatic heterocycles. The van der Waals surface area contributed by atoms with Crippen molar-refractivity contribution in [3.05, 3.63) is 34.9 Å². The van der Waals surface area contributed by atoms with Crippen molar-refractivity contribution in [2.75, 3.05) is 13.6 Å². The molecule has 0 spiro atoms. The molecule has 0 fully saturated rings. The summed E-state index contributed by atoms with van der Waals surface area (Å²) in [4.78, 5) is 12.3. The lowest BCUT2D eigenvalue weighted by Gasteiger charge is -2.13. The lowest BCUT2D eigenvalue weighted by atomic mass is 10.0. The molecule has 0 unspecified atom stereocenters. The van der Waals surface area contributed by atoms with Crippen LogP contribution in [0.25, 0.3) is 0 Å². The Bertz CT molecular complexity index is 363. The first-order valence-corrected chi connectivity index (χ1v) is 5.35. The molecule has 1 amide bonds. The Morgan fingerprint density at radius 1 is 1.33 bits per heavy atom. The number of halogens is 1. The van der Waals surface area contributed by atoms with Gasteiger partial charge in [-0.3, -0.25) is 4.79 Å². The maximum atomic E-state index is 10.8. The van der Waals surface area contributed by atoms with E-state index in [1.165, 1.54) is 21.6 Å². The smallest absolute Gasteiger partial charge is 0.316 e. The quantitative estimate of drug-likeness (QED) is 0.572. The van der Waals surface area contributed by atoms with E-state index >= 15 is 0 Å². The fourth-order valence-electron chi connectivity index (χ4n) is 1.34. The molecule has 82 valence electrons. The van der Waals surface area contributed by atoms with Crippen molar-refractivity contribution in [2.24, 2.45) is 0 Å². The first kappa shape index (κ1) is 12.1. The van der Waals surface area contributed by atoms with E-state index in [0.29, 0.717) is 6.54 Å². The van der Waals surface area contributed by atoms with Crippen LogP contribution in [-0.2, 0) is 6.42 Å². The summed E-state index contributed by atoms with van der Waals surface area (Å²) >= 11 is 5.34. The van der Waals surface area contributed by atoms with E-state index in [9.17, 15) is 4.79 Å². The van der Waals surface area contributed by atoms with E-state index in [2.05, 4.69) is 32.0 Å². The molecule has 15 heavy (non-hydrogen) atoms. The highest BCUT2D eigenvalue weighted by atomic mass is 35.5. The summed E-state index contributed by atoms with van der Waals surface area (Å²) in [6.07, 6.45) is 0.843. The number of hydrogen-bond donors (Lipinski definition) is 0. The summed E-state index contributed by atoms with van der Waals surface area (Å²) in [7, 11) is 1.70. The van der Waals surface area contributed by atoms with E-state index in [1.54, 1.807) is 7.05 Å². The van der Waals surface area contributed by atoms with Crippen LogP contribution in [-0.4, -0.2) is 23.9 Å². The molecule has 0 aliphatic heterocycles. The third-order valence-corrected chi connectivity index (χ3v) is 2.90. The second-order valence-corrected chi connectivity index (χ2v) is 4.17. The molecule has 1 aromatic rings. The van der Waals surface area contributed by atoms with Gasteiger partial charge in [-0.1, -0.05) is 18.2 Å². The van der Waals surface area contributed by atoms with Crippen molar-refractivity contribution in [1.29, 1.82) is 0 Å². The Balaban J connectivity index is 2.58. The highest BCUT2D eigenvalue weighted by Crippen LogP contribution is 2.10. The Hall–Kier alpha value is -1.02. The minimum absolute atomic E-state index is 0.404. The van der Waals surface area contributed by atoms with Gasteiger partial charge in [0.05, 0.1) is 0 Å². The van der Waals surface area contributed by atoms with Crippen LogP contribution in [0.4, 0.5) is 4.79 Å². The van der Waals surface area contributed by atoms with Crippen LogP contribution in [0.1, 0.15) is 16.7 Å². The van der Waals surface area contributed by atoms with E-state index in [-0.39, 0.29) is 0 Å². The zero-order valence-corrected chi connectivity index (χ0v) is 10.1. The van der Waals surface area contributed by atoms with Crippen molar-refractivity contribution in [2.45, 2.75) is 20.3 Å². The summed E-state index contributed by atoms with van der Waals surface area (Å²) in [5.41, 5.74) is 3.82. The van der Waals surface area contributed by atoms with Crippen LogP contribution >= 0.6 is 11.6 Å². The number of rotatable bonds is 3. The van der Waals surface area contributed by atoms with Gasteiger partial charge in [0.15, 0.2) is 0 Å². The van der Waals surface area contributed by atoms with E-state index in [1.807, 2.05) is 0 Å². The first-order valence-electron chi connectivity index (χ1n) is 4.97. The van der Waals surface area contributed by atoms with Gasteiger partial charge in [0.25, 0.3) is 0 Å². The molecule has 0 saturated carbocycles. The predicted octanol–water partition coefficient (Wildman–Crippen LogP) is 3.14. The molecule has 0 atom stereocenters. The Kier molecular flexibility index (Phi) is 4.15. The molecule has 0 aliphatic carbocycles. The van der Waals surface area contributed by atoms with Crippen molar-refractivity contribution in [1.82, 2.24) is 4.90 Å². The number of nitrogens with zero attached hydrogens (tertiary/aromatic N) is 1. The van der Waals surface area contributed by atoms with Crippen molar-refractivity contribution < 1.29 is 4.79 Å². The second kappa shape index (κ2) is 5.17. The SMILES string of the molecule is Cc1ccc(CCN(C)C(=O)Cl)cc1C. The number of carbonyl (C=O) groups excluding carboxylic acids is 1. The summed E-state index contributed by atoms with van der Waals surface area (Å²) in [6, 6.07) is 6.35. The average Bonchev–Trinajstić information content (AvgIpc) is 2.19. The molecule has 0 bridgehead atoms. The molecule has 1 rings (SSSR count). The molecule has 1 aromatic carbocycles. The lowest BCUT2D eigenvalue weighted by molar-refractivity contribution is 0.232. The van der Waals surface area contributed by atoms with Crippen LogP contribution in [0.3, 0.4) is 0 Å². The third kappa shape index (κ3) is 3.56. The van der Waals surface area contributed by atoms with Crippen molar-refractivity contribution in [3.8, 4) is 0 Å². The van der Waals surface area contributed by atoms with Crippen LogP contribution in [0.15, 0.2) is 18.2 Å². The molecular weight excluding hydrogens is 210 g/mol. The van der Waals surface area contributed by atoms with Crippen LogP contribution in [0.5, 0.6) is 0 Å². The molecule has 0 radical (unpaired) electrons. The maximum absolute atomic E-state index is 10.8. The third-order valence-electron chi connectivity index (χ3n) is 2.61. The molecule has 0 heterocycles. The molecule has 3 heteroatoms. The number of likely N-dealkylation sites (N-methyl/N-ethyl adjacent to an activating group) is 1. The van der Waals surface area contributed by atoms with Gasteiger partial charge in [-0.25, -0.2) is 0 Å². The zero-order chi connectivity index (χ0) is 11.4. The van der Waals surface area contributed by atoms with Gasteiger partial charge in [0, 0.05) is 13.6 Å². The lowest BCUT2D eigenvalue weighted by Crippen LogP contribution is -2.23.